The van der Waals surface area contributed by atoms with Gasteiger partial charge in [0.2, 0.25) is 12.3 Å². The van der Waals surface area contributed by atoms with Crippen LogP contribution in [0.1, 0.15) is 12.2 Å². The minimum Gasteiger partial charge on any atom is -0.366 e. The molecule has 1 aliphatic rings. The molecule has 1 atom stereocenters. The molecule has 0 radical (unpaired) electrons. The van der Waals surface area contributed by atoms with E-state index in [0.717, 1.165) is 0 Å². The fourth-order valence-electron chi connectivity index (χ4n) is 1.33. The van der Waals surface area contributed by atoms with Gasteiger partial charge in [0.15, 0.2) is 5.82 Å². The molecule has 2 rings (SSSR count). The van der Waals surface area contributed by atoms with E-state index in [2.05, 4.69) is 10.1 Å². The van der Waals surface area contributed by atoms with Crippen LogP contribution in [-0.4, -0.2) is 33.8 Å². The summed E-state index contributed by atoms with van der Waals surface area (Å²) in [6.45, 7) is 0. The summed E-state index contributed by atoms with van der Waals surface area (Å²) in [5.74, 6) is 0.972. The first-order valence-electron chi connectivity index (χ1n) is 3.87. The maximum atomic E-state index is 5.47. The molecule has 0 aliphatic carbocycles. The minimum absolute atomic E-state index is 0.259. The van der Waals surface area contributed by atoms with Gasteiger partial charge in [-0.2, -0.15) is 9.67 Å². The molecular formula is C7H11N5O. The third-order valence-electron chi connectivity index (χ3n) is 1.90. The number of hydrogen-bond acceptors (Lipinski definition) is 5. The van der Waals surface area contributed by atoms with Gasteiger partial charge < -0.3 is 15.4 Å². The third kappa shape index (κ3) is 1.15. The van der Waals surface area contributed by atoms with Crippen molar-refractivity contribution in [2.24, 2.45) is 0 Å². The maximum absolute atomic E-state index is 5.47. The number of rotatable bonds is 1. The van der Waals surface area contributed by atoms with Gasteiger partial charge in [0.05, 0.1) is 0 Å². The number of aromatic nitrogens is 3. The van der Waals surface area contributed by atoms with Crippen molar-refractivity contribution < 1.29 is 4.74 Å². The summed E-state index contributed by atoms with van der Waals surface area (Å²) in [7, 11) is 3.51. The Bertz CT molecular complexity index is 345. The zero-order chi connectivity index (χ0) is 9.42. The summed E-state index contributed by atoms with van der Waals surface area (Å²) in [5, 5.41) is 4.02. The first-order valence-corrected chi connectivity index (χ1v) is 3.87. The fourth-order valence-corrected chi connectivity index (χ4v) is 1.33. The molecule has 1 aromatic rings. The predicted molar refractivity (Wildman–Crippen MR) is 47.3 cm³/mol. The lowest BCUT2D eigenvalue weighted by atomic mass is 10.5. The van der Waals surface area contributed by atoms with Crippen LogP contribution in [0.3, 0.4) is 0 Å². The van der Waals surface area contributed by atoms with Crippen molar-refractivity contribution in [1.82, 2.24) is 19.7 Å². The van der Waals surface area contributed by atoms with Crippen LogP contribution in [0.15, 0.2) is 6.20 Å². The first-order chi connectivity index (χ1) is 6.22. The molecule has 2 heterocycles. The van der Waals surface area contributed by atoms with E-state index in [1.54, 1.807) is 11.8 Å². The molecule has 0 amide bonds. The van der Waals surface area contributed by atoms with Gasteiger partial charge in [-0.3, -0.25) is 0 Å². The van der Waals surface area contributed by atoms with Gasteiger partial charge in [-0.1, -0.05) is 0 Å². The summed E-state index contributed by atoms with van der Waals surface area (Å²) in [5.41, 5.74) is 5.47. The highest BCUT2D eigenvalue weighted by molar-refractivity contribution is 5.43. The number of methoxy groups -OCH3 is 1. The summed E-state index contributed by atoms with van der Waals surface area (Å²) in [6, 6.07) is 0. The van der Waals surface area contributed by atoms with E-state index in [0.29, 0.717) is 5.82 Å². The van der Waals surface area contributed by atoms with E-state index < -0.39 is 0 Å². The topological polar surface area (TPSA) is 69.2 Å². The first kappa shape index (κ1) is 8.06. The van der Waals surface area contributed by atoms with E-state index in [-0.39, 0.29) is 12.3 Å². The van der Waals surface area contributed by atoms with Gasteiger partial charge in [0.1, 0.15) is 0 Å². The Morgan fingerprint density at radius 1 is 1.62 bits per heavy atom. The van der Waals surface area contributed by atoms with Crippen molar-refractivity contribution in [3.8, 4) is 0 Å². The third-order valence-corrected chi connectivity index (χ3v) is 1.90. The number of ether oxygens (including phenoxy) is 1. The van der Waals surface area contributed by atoms with Crippen molar-refractivity contribution in [2.75, 3.05) is 19.9 Å². The number of nitrogens with zero attached hydrogens (tertiary/aromatic N) is 4. The van der Waals surface area contributed by atoms with Crippen molar-refractivity contribution >= 4 is 12.0 Å². The monoisotopic (exact) mass is 181 g/mol. The average molecular weight is 181 g/mol. The van der Waals surface area contributed by atoms with Crippen LogP contribution in [0.4, 0.5) is 5.95 Å². The van der Waals surface area contributed by atoms with Gasteiger partial charge in [-0.15, -0.1) is 5.10 Å². The van der Waals surface area contributed by atoms with E-state index in [1.165, 1.54) is 0 Å². The number of hydrogen-bond donors (Lipinski definition) is 1. The number of fused-ring (bicyclic) bond motifs is 1. The summed E-state index contributed by atoms with van der Waals surface area (Å²) < 4.78 is 6.86. The molecule has 0 saturated carbocycles. The van der Waals surface area contributed by atoms with Crippen molar-refractivity contribution in [3.63, 3.8) is 0 Å². The smallest absolute Gasteiger partial charge is 0.240 e. The molecule has 0 aromatic carbocycles. The van der Waals surface area contributed by atoms with Crippen molar-refractivity contribution in [3.05, 3.63) is 12.0 Å². The summed E-state index contributed by atoms with van der Waals surface area (Å²) >= 11 is 0. The lowest BCUT2D eigenvalue weighted by Gasteiger charge is -2.28. The second kappa shape index (κ2) is 2.74. The molecule has 0 bridgehead atoms. The van der Waals surface area contributed by atoms with Gasteiger partial charge in [0, 0.05) is 20.4 Å². The molecule has 1 unspecified atom stereocenters. The number of anilines is 1. The molecule has 70 valence electrons. The van der Waals surface area contributed by atoms with Crippen LogP contribution in [0, 0.1) is 0 Å². The quantitative estimate of drug-likeness (QED) is 0.654. The van der Waals surface area contributed by atoms with E-state index >= 15 is 0 Å². The Morgan fingerprint density at radius 2 is 2.38 bits per heavy atom. The standard InChI is InChI=1S/C7H11N5O/c1-11-4-3-5-9-6(8)10-12(5)7(11)13-2/h3-4,7H,1-2H3,(H2,8,10). The van der Waals surface area contributed by atoms with Crippen molar-refractivity contribution in [2.45, 2.75) is 6.35 Å². The molecule has 2 N–H and O–H groups in total. The molecule has 6 nitrogen and oxygen atoms in total. The van der Waals surface area contributed by atoms with Crippen LogP contribution < -0.4 is 5.73 Å². The normalized spacial score (nSPS) is 20.5. The highest BCUT2D eigenvalue weighted by atomic mass is 16.5. The predicted octanol–water partition coefficient (Wildman–Crippen LogP) is -0.121. The molecule has 1 aromatic heterocycles. The summed E-state index contributed by atoms with van der Waals surface area (Å²) in [4.78, 5) is 5.90. The minimum atomic E-state index is -0.259. The van der Waals surface area contributed by atoms with Gasteiger partial charge in [-0.05, 0) is 6.08 Å². The van der Waals surface area contributed by atoms with Crippen LogP contribution in [0.5, 0.6) is 0 Å². The van der Waals surface area contributed by atoms with E-state index in [1.807, 2.05) is 24.2 Å². The fraction of sp³-hybridized carbons (Fsp3) is 0.429. The van der Waals surface area contributed by atoms with Crippen LogP contribution in [0.25, 0.3) is 6.08 Å². The highest BCUT2D eigenvalue weighted by Crippen LogP contribution is 2.20. The zero-order valence-electron chi connectivity index (χ0n) is 7.51. The molecular weight excluding hydrogens is 170 g/mol. The SMILES string of the molecule is COC1N(C)C=Cc2nc(N)nn21. The molecule has 0 spiro atoms. The molecule has 1 aliphatic heterocycles. The highest BCUT2D eigenvalue weighted by Gasteiger charge is 2.21. The Labute approximate surface area is 75.6 Å². The molecule has 0 fully saturated rings. The lowest BCUT2D eigenvalue weighted by molar-refractivity contribution is -0.0617. The van der Waals surface area contributed by atoms with Gasteiger partial charge >= 0.3 is 0 Å². The number of nitrogen functional groups attached to an aromatic ring is 1. The zero-order valence-corrected chi connectivity index (χ0v) is 7.51. The molecule has 6 heteroatoms. The Hall–Kier alpha value is -1.56. The molecule has 13 heavy (non-hydrogen) atoms. The Kier molecular flexibility index (Phi) is 1.70. The number of nitrogens with two attached hydrogens (primary N) is 1. The van der Waals surface area contributed by atoms with Crippen LogP contribution in [-0.2, 0) is 4.74 Å². The molecule has 0 saturated heterocycles. The van der Waals surface area contributed by atoms with Crippen molar-refractivity contribution in [1.29, 1.82) is 0 Å². The summed E-state index contributed by atoms with van der Waals surface area (Å²) in [6.07, 6.45) is 3.45. The van der Waals surface area contributed by atoms with Crippen LogP contribution >= 0.6 is 0 Å². The average Bonchev–Trinajstić information content (AvgIpc) is 2.45. The lowest BCUT2D eigenvalue weighted by Crippen LogP contribution is -2.30. The Balaban J connectivity index is 2.46. The largest absolute Gasteiger partial charge is 0.366 e. The van der Waals surface area contributed by atoms with E-state index in [9.17, 15) is 0 Å². The maximum Gasteiger partial charge on any atom is 0.240 e. The van der Waals surface area contributed by atoms with Gasteiger partial charge in [0.25, 0.3) is 0 Å². The Morgan fingerprint density at radius 3 is 3.08 bits per heavy atom. The second-order valence-corrected chi connectivity index (χ2v) is 2.82. The van der Waals surface area contributed by atoms with Gasteiger partial charge in [-0.25, -0.2) is 0 Å². The van der Waals surface area contributed by atoms with Crippen LogP contribution in [0.2, 0.25) is 0 Å². The second-order valence-electron chi connectivity index (χ2n) is 2.82. The van der Waals surface area contributed by atoms with E-state index in [4.69, 9.17) is 10.5 Å².